The van der Waals surface area contributed by atoms with Gasteiger partial charge >= 0.3 is 0 Å². The number of allylic oxidation sites excluding steroid dienone is 1. The van der Waals surface area contributed by atoms with E-state index in [0.29, 0.717) is 94.2 Å². The Balaban J connectivity index is 1.54. The van der Waals surface area contributed by atoms with E-state index in [-0.39, 0.29) is 28.7 Å². The standard InChI is InChI=1S/C38H34O5/c1-2-7-23-16-32-21-30-14-5-12-28(36(30)41)19-26-10-3-8-24(34(26)39)18-25-9-4-11-27(35(25)40)20-29-13-6-15-31(37(29)42)22-33(17-23)38(32)43/h2-6,8-17,39-43H,1,7,18-22H2. The predicted octanol–water partition coefficient (Wildman–Crippen LogP) is 7.21. The molecule has 0 heterocycles. The third-order valence-corrected chi connectivity index (χ3v) is 8.42. The van der Waals surface area contributed by atoms with Gasteiger partial charge in [-0.3, -0.25) is 0 Å². The lowest BCUT2D eigenvalue weighted by Gasteiger charge is -2.17. The van der Waals surface area contributed by atoms with Crippen molar-refractivity contribution >= 4 is 0 Å². The normalized spacial score (nSPS) is 12.8. The monoisotopic (exact) mass is 570 g/mol. The molecule has 216 valence electrons. The van der Waals surface area contributed by atoms with Crippen LogP contribution in [-0.2, 0) is 38.5 Å². The van der Waals surface area contributed by atoms with Crippen LogP contribution >= 0.6 is 0 Å². The highest BCUT2D eigenvalue weighted by atomic mass is 16.3. The smallest absolute Gasteiger partial charge is 0.122 e. The first-order valence-corrected chi connectivity index (χ1v) is 14.5. The molecule has 5 aromatic rings. The van der Waals surface area contributed by atoms with Crippen molar-refractivity contribution in [2.75, 3.05) is 0 Å². The molecule has 0 amide bonds. The largest absolute Gasteiger partial charge is 0.507 e. The van der Waals surface area contributed by atoms with E-state index in [1.165, 1.54) is 0 Å². The van der Waals surface area contributed by atoms with Crippen molar-refractivity contribution in [3.8, 4) is 28.7 Å². The first kappa shape index (κ1) is 28.0. The summed E-state index contributed by atoms with van der Waals surface area (Å²) in [5.74, 6) is 0.597. The Kier molecular flexibility index (Phi) is 7.56. The van der Waals surface area contributed by atoms with Gasteiger partial charge < -0.3 is 25.5 Å². The minimum absolute atomic E-state index is 0.118. The zero-order valence-corrected chi connectivity index (χ0v) is 23.8. The van der Waals surface area contributed by atoms with Crippen molar-refractivity contribution in [2.45, 2.75) is 38.5 Å². The second-order valence-electron chi connectivity index (χ2n) is 11.3. The Morgan fingerprint density at radius 2 is 0.651 bits per heavy atom. The molecular formula is C38H34O5. The van der Waals surface area contributed by atoms with E-state index < -0.39 is 0 Å². The second-order valence-corrected chi connectivity index (χ2v) is 11.3. The third-order valence-electron chi connectivity index (χ3n) is 8.42. The summed E-state index contributed by atoms with van der Waals surface area (Å²) in [6, 6.07) is 26.0. The van der Waals surface area contributed by atoms with Gasteiger partial charge in [0, 0.05) is 32.1 Å². The molecule has 1 aliphatic rings. The van der Waals surface area contributed by atoms with Gasteiger partial charge in [0.2, 0.25) is 0 Å². The SMILES string of the molecule is C=CCc1cc2c(O)c(c1)Cc1cccc(c1O)Cc1cccc(c1O)Cc1cccc(c1O)Cc1cccc(c1O)C2. The van der Waals surface area contributed by atoms with E-state index in [4.69, 9.17) is 0 Å². The Bertz CT molecular complexity index is 1730. The molecule has 6 rings (SSSR count). The first-order chi connectivity index (χ1) is 20.8. The summed E-state index contributed by atoms with van der Waals surface area (Å²) >= 11 is 0. The summed E-state index contributed by atoms with van der Waals surface area (Å²) in [4.78, 5) is 0. The molecule has 0 aromatic heterocycles. The van der Waals surface area contributed by atoms with Crippen LogP contribution in [0.25, 0.3) is 0 Å². The number of hydrogen-bond acceptors (Lipinski definition) is 5. The van der Waals surface area contributed by atoms with Crippen LogP contribution in [0.1, 0.15) is 61.2 Å². The number of fused-ring (bicyclic) bond motifs is 10. The molecule has 5 N–H and O–H groups in total. The van der Waals surface area contributed by atoms with E-state index in [9.17, 15) is 25.5 Å². The topological polar surface area (TPSA) is 101 Å². The van der Waals surface area contributed by atoms with E-state index in [2.05, 4.69) is 6.58 Å². The van der Waals surface area contributed by atoms with Gasteiger partial charge in [-0.15, -0.1) is 6.58 Å². The number of rotatable bonds is 2. The van der Waals surface area contributed by atoms with Crippen molar-refractivity contribution in [1.82, 2.24) is 0 Å². The van der Waals surface area contributed by atoms with Crippen LogP contribution in [0.2, 0.25) is 0 Å². The fourth-order valence-corrected chi connectivity index (χ4v) is 6.13. The van der Waals surface area contributed by atoms with E-state index in [1.54, 1.807) is 6.08 Å². The molecule has 0 radical (unpaired) electrons. The zero-order chi connectivity index (χ0) is 30.1. The maximum Gasteiger partial charge on any atom is 0.122 e. The van der Waals surface area contributed by atoms with Gasteiger partial charge in [0.05, 0.1) is 0 Å². The summed E-state index contributed by atoms with van der Waals surface area (Å²) in [5, 5.41) is 56.6. The van der Waals surface area contributed by atoms with Crippen LogP contribution in [0.3, 0.4) is 0 Å². The van der Waals surface area contributed by atoms with Gasteiger partial charge in [0.1, 0.15) is 28.7 Å². The molecule has 0 unspecified atom stereocenters. The van der Waals surface area contributed by atoms with Crippen molar-refractivity contribution in [1.29, 1.82) is 0 Å². The Hall–Kier alpha value is -5.16. The first-order valence-electron chi connectivity index (χ1n) is 14.5. The maximum absolute atomic E-state index is 11.4. The zero-order valence-electron chi connectivity index (χ0n) is 23.8. The summed E-state index contributed by atoms with van der Waals surface area (Å²) in [5.41, 5.74) is 7.59. The summed E-state index contributed by atoms with van der Waals surface area (Å²) < 4.78 is 0. The molecular weight excluding hydrogens is 536 g/mol. The molecule has 5 nitrogen and oxygen atoms in total. The molecule has 0 fully saturated rings. The van der Waals surface area contributed by atoms with Crippen molar-refractivity contribution in [3.05, 3.63) is 159 Å². The van der Waals surface area contributed by atoms with Crippen LogP contribution in [0.4, 0.5) is 0 Å². The van der Waals surface area contributed by atoms with Gasteiger partial charge in [-0.2, -0.15) is 0 Å². The van der Waals surface area contributed by atoms with Gasteiger partial charge in [-0.1, -0.05) is 91.0 Å². The Morgan fingerprint density at radius 1 is 0.419 bits per heavy atom. The molecule has 1 aliphatic carbocycles. The minimum Gasteiger partial charge on any atom is -0.507 e. The lowest BCUT2D eigenvalue weighted by molar-refractivity contribution is 0.451. The molecule has 0 saturated heterocycles. The molecule has 0 aliphatic heterocycles. The fraction of sp³-hybridized carbons (Fsp3) is 0.158. The quantitative estimate of drug-likeness (QED) is 0.142. The van der Waals surface area contributed by atoms with E-state index >= 15 is 0 Å². The number of benzene rings is 5. The predicted molar refractivity (Wildman–Crippen MR) is 168 cm³/mol. The van der Waals surface area contributed by atoms with Gasteiger partial charge in [0.15, 0.2) is 0 Å². The van der Waals surface area contributed by atoms with Crippen LogP contribution in [0, 0.1) is 0 Å². The lowest BCUT2D eigenvalue weighted by Crippen LogP contribution is -2.01. The van der Waals surface area contributed by atoms with Crippen molar-refractivity contribution in [3.63, 3.8) is 0 Å². The van der Waals surface area contributed by atoms with Crippen molar-refractivity contribution < 1.29 is 25.5 Å². The molecule has 5 aromatic carbocycles. The van der Waals surface area contributed by atoms with E-state index in [0.717, 1.165) is 5.56 Å². The van der Waals surface area contributed by atoms with Crippen LogP contribution < -0.4 is 0 Å². The summed E-state index contributed by atoms with van der Waals surface area (Å²) in [7, 11) is 0. The Morgan fingerprint density at radius 3 is 0.907 bits per heavy atom. The Labute approximate surface area is 251 Å². The van der Waals surface area contributed by atoms with Crippen molar-refractivity contribution in [2.24, 2.45) is 0 Å². The highest BCUT2D eigenvalue weighted by molar-refractivity contribution is 5.56. The third kappa shape index (κ3) is 5.54. The highest BCUT2D eigenvalue weighted by Gasteiger charge is 2.19. The van der Waals surface area contributed by atoms with Gasteiger partial charge in [-0.25, -0.2) is 0 Å². The summed E-state index contributed by atoms with van der Waals surface area (Å²) in [6.45, 7) is 3.88. The fourth-order valence-electron chi connectivity index (χ4n) is 6.13. The number of phenols is 5. The van der Waals surface area contributed by atoms with E-state index in [1.807, 2.05) is 84.9 Å². The van der Waals surface area contributed by atoms with Gasteiger partial charge in [-0.05, 0) is 67.6 Å². The minimum atomic E-state index is 0.118. The lowest BCUT2D eigenvalue weighted by atomic mass is 9.90. The molecule has 0 spiro atoms. The highest BCUT2D eigenvalue weighted by Crippen LogP contribution is 2.38. The number of aromatic hydroxyl groups is 5. The molecule has 10 bridgehead atoms. The van der Waals surface area contributed by atoms with Crippen LogP contribution in [-0.4, -0.2) is 25.5 Å². The van der Waals surface area contributed by atoms with Crippen LogP contribution in [0.5, 0.6) is 28.7 Å². The van der Waals surface area contributed by atoms with Crippen LogP contribution in [0.15, 0.2) is 97.6 Å². The maximum atomic E-state index is 11.4. The summed E-state index contributed by atoms with van der Waals surface area (Å²) in [6.07, 6.45) is 3.95. The molecule has 0 saturated carbocycles. The molecule has 5 heteroatoms. The molecule has 0 atom stereocenters. The second kappa shape index (κ2) is 11.6. The van der Waals surface area contributed by atoms with Gasteiger partial charge in [0.25, 0.3) is 0 Å². The number of phenolic OH excluding ortho intramolecular Hbond substituents is 5. The number of para-hydroxylation sites is 4. The average Bonchev–Trinajstić information content (AvgIpc) is 2.99. The average molecular weight is 571 g/mol. The number of hydrogen-bond donors (Lipinski definition) is 5. The molecule has 43 heavy (non-hydrogen) atoms.